The van der Waals surface area contributed by atoms with E-state index in [4.69, 9.17) is 0 Å². The number of hydrogen-bond donors (Lipinski definition) is 0. The molecule has 0 spiro atoms. The van der Waals surface area contributed by atoms with Crippen LogP contribution in [0.1, 0.15) is 40.0 Å². The zero-order chi connectivity index (χ0) is 9.98. The molecule has 0 aromatic carbocycles. The van der Waals surface area contributed by atoms with Crippen LogP contribution >= 0.6 is 0 Å². The Morgan fingerprint density at radius 2 is 1.50 bits per heavy atom. The molecular formula is C10H18O2. The second kappa shape index (κ2) is 10.1. The third-order valence-electron chi connectivity index (χ3n) is 1.36. The quantitative estimate of drug-likeness (QED) is 0.607. The number of ketones is 2. The molecule has 0 atom stereocenters. The summed E-state index contributed by atoms with van der Waals surface area (Å²) in [5.41, 5.74) is 0. The van der Waals surface area contributed by atoms with Crippen molar-refractivity contribution >= 4 is 11.6 Å². The van der Waals surface area contributed by atoms with Gasteiger partial charge in [0.1, 0.15) is 5.78 Å². The van der Waals surface area contributed by atoms with Gasteiger partial charge in [0.2, 0.25) is 0 Å². The minimum Gasteiger partial charge on any atom is -0.300 e. The van der Waals surface area contributed by atoms with E-state index in [-0.39, 0.29) is 5.78 Å². The van der Waals surface area contributed by atoms with Gasteiger partial charge in [-0.05, 0) is 6.08 Å². The van der Waals surface area contributed by atoms with Crippen molar-refractivity contribution in [3.8, 4) is 0 Å². The lowest BCUT2D eigenvalue weighted by Gasteiger charge is -1.81. The number of Topliss-reactive ketones (excluding diaryl/α,β-unsaturated/α-hetero) is 1. The maximum absolute atomic E-state index is 10.2. The van der Waals surface area contributed by atoms with Crippen molar-refractivity contribution in [2.45, 2.75) is 40.0 Å². The summed E-state index contributed by atoms with van der Waals surface area (Å²) in [6, 6.07) is 0. The summed E-state index contributed by atoms with van der Waals surface area (Å²) in [5, 5.41) is 0. The number of hydrogen-bond acceptors (Lipinski definition) is 2. The summed E-state index contributed by atoms with van der Waals surface area (Å²) in [6.45, 7) is 8.85. The van der Waals surface area contributed by atoms with Crippen molar-refractivity contribution in [1.82, 2.24) is 0 Å². The van der Waals surface area contributed by atoms with E-state index < -0.39 is 0 Å². The van der Waals surface area contributed by atoms with Crippen LogP contribution < -0.4 is 0 Å². The van der Waals surface area contributed by atoms with Gasteiger partial charge >= 0.3 is 0 Å². The van der Waals surface area contributed by atoms with Crippen molar-refractivity contribution in [2.24, 2.45) is 0 Å². The standard InChI is InChI=1S/C5H10O.C5H8O/c2*1-3-5(6)4-2/h3-4H2,1-2H3;3H,1,4H2,2H3. The Kier molecular flexibility index (Phi) is 11.5. The SMILES string of the molecule is C=CC(=O)CC.CCC(=O)CC. The van der Waals surface area contributed by atoms with Gasteiger partial charge in [-0.3, -0.25) is 9.59 Å². The highest BCUT2D eigenvalue weighted by atomic mass is 16.1. The molecule has 0 radical (unpaired) electrons. The number of allylic oxidation sites excluding steroid dienone is 1. The van der Waals surface area contributed by atoms with Crippen LogP contribution in [0, 0.1) is 0 Å². The molecule has 0 saturated heterocycles. The largest absolute Gasteiger partial charge is 0.300 e. The zero-order valence-electron chi connectivity index (χ0n) is 8.22. The predicted octanol–water partition coefficient (Wildman–Crippen LogP) is 2.53. The van der Waals surface area contributed by atoms with Gasteiger partial charge in [0.25, 0.3) is 0 Å². The predicted molar refractivity (Wildman–Crippen MR) is 51.1 cm³/mol. The van der Waals surface area contributed by atoms with E-state index in [1.807, 2.05) is 20.8 Å². The summed E-state index contributed by atoms with van der Waals surface area (Å²) >= 11 is 0. The Morgan fingerprint density at radius 1 is 1.08 bits per heavy atom. The third kappa shape index (κ3) is 11.8. The van der Waals surface area contributed by atoms with E-state index in [9.17, 15) is 9.59 Å². The molecule has 0 bridgehead atoms. The second-order valence-electron chi connectivity index (χ2n) is 2.27. The van der Waals surface area contributed by atoms with Crippen molar-refractivity contribution in [3.05, 3.63) is 12.7 Å². The van der Waals surface area contributed by atoms with E-state index in [1.54, 1.807) is 0 Å². The normalized spacial score (nSPS) is 7.92. The summed E-state index contributed by atoms with van der Waals surface area (Å²) < 4.78 is 0. The maximum atomic E-state index is 10.2. The van der Waals surface area contributed by atoms with Crippen LogP contribution in [0.25, 0.3) is 0 Å². The minimum atomic E-state index is 0.106. The van der Waals surface area contributed by atoms with E-state index in [0.717, 1.165) is 0 Å². The van der Waals surface area contributed by atoms with Crippen molar-refractivity contribution < 1.29 is 9.59 Å². The fourth-order valence-electron chi connectivity index (χ4n) is 0.394. The molecule has 2 nitrogen and oxygen atoms in total. The summed E-state index contributed by atoms with van der Waals surface area (Å²) in [7, 11) is 0. The first-order valence-electron chi connectivity index (χ1n) is 4.29. The molecule has 0 fully saturated rings. The Morgan fingerprint density at radius 3 is 1.50 bits per heavy atom. The molecule has 0 aliphatic carbocycles. The summed E-state index contributed by atoms with van der Waals surface area (Å²) in [5.74, 6) is 0.449. The Labute approximate surface area is 74.7 Å². The van der Waals surface area contributed by atoms with Gasteiger partial charge in [-0.15, -0.1) is 0 Å². The smallest absolute Gasteiger partial charge is 0.154 e. The maximum Gasteiger partial charge on any atom is 0.154 e. The van der Waals surface area contributed by atoms with Gasteiger partial charge in [-0.2, -0.15) is 0 Å². The molecule has 0 aliphatic heterocycles. The molecule has 0 N–H and O–H groups in total. The van der Waals surface area contributed by atoms with Crippen LogP contribution in [-0.4, -0.2) is 11.6 Å². The van der Waals surface area contributed by atoms with Crippen molar-refractivity contribution in [1.29, 1.82) is 0 Å². The van der Waals surface area contributed by atoms with Crippen molar-refractivity contribution in [3.63, 3.8) is 0 Å². The zero-order valence-corrected chi connectivity index (χ0v) is 8.22. The van der Waals surface area contributed by atoms with E-state index in [1.165, 1.54) is 6.08 Å². The molecule has 0 rings (SSSR count). The van der Waals surface area contributed by atoms with E-state index in [2.05, 4.69) is 6.58 Å². The first kappa shape index (κ1) is 13.7. The van der Waals surface area contributed by atoms with Gasteiger partial charge in [-0.1, -0.05) is 27.4 Å². The first-order valence-corrected chi connectivity index (χ1v) is 4.29. The van der Waals surface area contributed by atoms with E-state index in [0.29, 0.717) is 25.0 Å². The van der Waals surface area contributed by atoms with Gasteiger partial charge in [0.15, 0.2) is 5.78 Å². The Hall–Kier alpha value is -0.920. The average molecular weight is 170 g/mol. The fourth-order valence-corrected chi connectivity index (χ4v) is 0.394. The van der Waals surface area contributed by atoms with Gasteiger partial charge < -0.3 is 0 Å². The lowest BCUT2D eigenvalue weighted by molar-refractivity contribution is -0.118. The summed E-state index contributed by atoms with van der Waals surface area (Å²) in [6.07, 6.45) is 3.29. The van der Waals surface area contributed by atoms with Crippen LogP contribution in [0.4, 0.5) is 0 Å². The lowest BCUT2D eigenvalue weighted by atomic mass is 10.3. The van der Waals surface area contributed by atoms with Crippen LogP contribution in [-0.2, 0) is 9.59 Å². The molecule has 70 valence electrons. The molecule has 0 aliphatic rings. The highest BCUT2D eigenvalue weighted by Crippen LogP contribution is 1.83. The first-order chi connectivity index (χ1) is 5.62. The van der Waals surface area contributed by atoms with E-state index >= 15 is 0 Å². The fraction of sp³-hybridized carbons (Fsp3) is 0.600. The number of carbonyl (C=O) groups excluding carboxylic acids is 2. The molecule has 12 heavy (non-hydrogen) atoms. The van der Waals surface area contributed by atoms with Gasteiger partial charge in [0, 0.05) is 19.3 Å². The second-order valence-corrected chi connectivity index (χ2v) is 2.27. The summed E-state index contributed by atoms with van der Waals surface area (Å²) in [4.78, 5) is 20.2. The minimum absolute atomic E-state index is 0.106. The molecule has 0 aromatic heterocycles. The number of carbonyl (C=O) groups is 2. The van der Waals surface area contributed by atoms with Gasteiger partial charge in [0.05, 0.1) is 0 Å². The molecule has 0 aromatic rings. The van der Waals surface area contributed by atoms with Crippen LogP contribution in [0.2, 0.25) is 0 Å². The average Bonchev–Trinajstić information content (AvgIpc) is 2.16. The number of rotatable bonds is 4. The van der Waals surface area contributed by atoms with Crippen molar-refractivity contribution in [2.75, 3.05) is 0 Å². The van der Waals surface area contributed by atoms with Gasteiger partial charge in [-0.25, -0.2) is 0 Å². The van der Waals surface area contributed by atoms with Crippen LogP contribution in [0.5, 0.6) is 0 Å². The Balaban J connectivity index is 0. The Bertz CT molecular complexity index is 142. The molecule has 2 heteroatoms. The molecular weight excluding hydrogens is 152 g/mol. The lowest BCUT2D eigenvalue weighted by Crippen LogP contribution is -1.88. The highest BCUT2D eigenvalue weighted by molar-refractivity contribution is 5.88. The molecule has 0 saturated carbocycles. The molecule has 0 amide bonds. The molecule has 0 heterocycles. The third-order valence-corrected chi connectivity index (χ3v) is 1.36. The molecule has 0 unspecified atom stereocenters. The monoisotopic (exact) mass is 170 g/mol. The van der Waals surface area contributed by atoms with Crippen LogP contribution in [0.15, 0.2) is 12.7 Å². The topological polar surface area (TPSA) is 34.1 Å². The van der Waals surface area contributed by atoms with Crippen LogP contribution in [0.3, 0.4) is 0 Å². The highest BCUT2D eigenvalue weighted by Gasteiger charge is 1.86.